The van der Waals surface area contributed by atoms with Gasteiger partial charge in [0.05, 0.1) is 6.61 Å². The van der Waals surface area contributed by atoms with E-state index in [0.717, 1.165) is 5.56 Å². The summed E-state index contributed by atoms with van der Waals surface area (Å²) in [6.45, 7) is -0.262. The molecule has 1 heterocycles. The minimum Gasteiger partial charge on any atom is -0.394 e. The Labute approximate surface area is 97.1 Å². The van der Waals surface area contributed by atoms with Gasteiger partial charge in [-0.05, 0) is 17.7 Å². The minimum absolute atomic E-state index is 0.180. The molecule has 0 saturated carbocycles. The molecule has 1 aromatic carbocycles. The van der Waals surface area contributed by atoms with Gasteiger partial charge in [0.15, 0.2) is 5.82 Å². The molecule has 0 saturated heterocycles. The molecule has 1 aromatic heterocycles. The maximum Gasteiger partial charge on any atom is 0.245 e. The van der Waals surface area contributed by atoms with E-state index in [2.05, 4.69) is 10.1 Å². The summed E-state index contributed by atoms with van der Waals surface area (Å²) < 4.78 is 17.8. The molecule has 2 aromatic rings. The molecule has 3 N–H and O–H groups in total. The zero-order chi connectivity index (χ0) is 12.3. The van der Waals surface area contributed by atoms with Gasteiger partial charge < -0.3 is 15.4 Å². The second-order valence-electron chi connectivity index (χ2n) is 3.64. The summed E-state index contributed by atoms with van der Waals surface area (Å²) >= 11 is 0. The minimum atomic E-state index is -0.677. The van der Waals surface area contributed by atoms with Gasteiger partial charge in [0, 0.05) is 6.42 Å². The lowest BCUT2D eigenvalue weighted by Gasteiger charge is -1.98. The van der Waals surface area contributed by atoms with E-state index in [1.54, 1.807) is 12.1 Å². The summed E-state index contributed by atoms with van der Waals surface area (Å²) in [4.78, 5) is 4.02. The summed E-state index contributed by atoms with van der Waals surface area (Å²) in [7, 11) is 0. The molecule has 90 valence electrons. The van der Waals surface area contributed by atoms with E-state index in [9.17, 15) is 4.39 Å². The standard InChI is InChI=1S/C11H12FN3O2/c12-8-3-1-2-7(4-8)5-10-14-11(17-15-10)9(13)6-16/h1-4,9,16H,5-6,13H2/t9-/m0/s1. The molecule has 0 fully saturated rings. The van der Waals surface area contributed by atoms with Crippen LogP contribution in [0.15, 0.2) is 28.8 Å². The topological polar surface area (TPSA) is 85.2 Å². The molecule has 0 unspecified atom stereocenters. The highest BCUT2D eigenvalue weighted by molar-refractivity contribution is 5.19. The van der Waals surface area contributed by atoms with Crippen molar-refractivity contribution in [2.45, 2.75) is 12.5 Å². The molecule has 17 heavy (non-hydrogen) atoms. The Morgan fingerprint density at radius 3 is 3.00 bits per heavy atom. The molecule has 0 spiro atoms. The number of hydrogen-bond donors (Lipinski definition) is 2. The maximum absolute atomic E-state index is 12.9. The van der Waals surface area contributed by atoms with Crippen LogP contribution in [0.3, 0.4) is 0 Å². The number of aromatic nitrogens is 2. The quantitative estimate of drug-likeness (QED) is 0.821. The summed E-state index contributed by atoms with van der Waals surface area (Å²) in [6.07, 6.45) is 0.361. The van der Waals surface area contributed by atoms with Crippen LogP contribution in [0.1, 0.15) is 23.3 Å². The van der Waals surface area contributed by atoms with E-state index in [0.29, 0.717) is 12.2 Å². The number of nitrogens with zero attached hydrogens (tertiary/aromatic N) is 2. The zero-order valence-electron chi connectivity index (χ0n) is 9.01. The fourth-order valence-corrected chi connectivity index (χ4v) is 1.40. The van der Waals surface area contributed by atoms with E-state index < -0.39 is 6.04 Å². The lowest BCUT2D eigenvalue weighted by Crippen LogP contribution is -2.14. The summed E-state index contributed by atoms with van der Waals surface area (Å²) in [5.74, 6) is 0.284. The average molecular weight is 237 g/mol. The molecule has 5 nitrogen and oxygen atoms in total. The SMILES string of the molecule is N[C@@H](CO)c1nc(Cc2cccc(F)c2)no1. The van der Waals surface area contributed by atoms with Gasteiger partial charge in [-0.2, -0.15) is 4.98 Å². The van der Waals surface area contributed by atoms with Gasteiger partial charge in [-0.15, -0.1) is 0 Å². The third-order valence-corrected chi connectivity index (χ3v) is 2.25. The summed E-state index contributed by atoms with van der Waals surface area (Å²) in [5.41, 5.74) is 6.26. The molecule has 0 amide bonds. The fraction of sp³-hybridized carbons (Fsp3) is 0.273. The van der Waals surface area contributed by atoms with Crippen LogP contribution < -0.4 is 5.73 Å². The van der Waals surface area contributed by atoms with Gasteiger partial charge in [0.1, 0.15) is 11.9 Å². The van der Waals surface area contributed by atoms with Crippen LogP contribution in [0.25, 0.3) is 0 Å². The summed E-state index contributed by atoms with van der Waals surface area (Å²) in [6, 6.07) is 5.48. The van der Waals surface area contributed by atoms with Gasteiger partial charge in [-0.25, -0.2) is 4.39 Å². The van der Waals surface area contributed by atoms with Crippen LogP contribution in [0.5, 0.6) is 0 Å². The van der Waals surface area contributed by atoms with Crippen molar-refractivity contribution in [3.63, 3.8) is 0 Å². The third-order valence-electron chi connectivity index (χ3n) is 2.25. The number of nitrogens with two attached hydrogens (primary N) is 1. The van der Waals surface area contributed by atoms with Gasteiger partial charge >= 0.3 is 0 Å². The smallest absolute Gasteiger partial charge is 0.245 e. The van der Waals surface area contributed by atoms with Crippen molar-refractivity contribution in [2.75, 3.05) is 6.61 Å². The van der Waals surface area contributed by atoms with Crippen molar-refractivity contribution in [1.29, 1.82) is 0 Å². The Morgan fingerprint density at radius 2 is 2.29 bits per heavy atom. The van der Waals surface area contributed by atoms with Crippen molar-refractivity contribution in [1.82, 2.24) is 10.1 Å². The maximum atomic E-state index is 12.9. The second-order valence-corrected chi connectivity index (χ2v) is 3.64. The number of rotatable bonds is 4. The Bertz CT molecular complexity index is 501. The van der Waals surface area contributed by atoms with E-state index in [4.69, 9.17) is 15.4 Å². The van der Waals surface area contributed by atoms with E-state index in [1.165, 1.54) is 12.1 Å². The van der Waals surface area contributed by atoms with E-state index in [-0.39, 0.29) is 18.3 Å². The average Bonchev–Trinajstić information content (AvgIpc) is 2.76. The van der Waals surface area contributed by atoms with E-state index in [1.807, 2.05) is 0 Å². The zero-order valence-corrected chi connectivity index (χ0v) is 9.01. The highest BCUT2D eigenvalue weighted by Gasteiger charge is 2.13. The van der Waals surface area contributed by atoms with Crippen molar-refractivity contribution in [2.24, 2.45) is 5.73 Å². The van der Waals surface area contributed by atoms with Crippen molar-refractivity contribution < 1.29 is 14.0 Å². The second kappa shape index (κ2) is 5.03. The highest BCUT2D eigenvalue weighted by atomic mass is 19.1. The molecular weight excluding hydrogens is 225 g/mol. The Balaban J connectivity index is 2.11. The number of aliphatic hydroxyl groups excluding tert-OH is 1. The van der Waals surface area contributed by atoms with Gasteiger partial charge in [-0.3, -0.25) is 0 Å². The number of halogens is 1. The van der Waals surface area contributed by atoms with Crippen molar-refractivity contribution in [3.8, 4) is 0 Å². The van der Waals surface area contributed by atoms with Gasteiger partial charge in [0.25, 0.3) is 0 Å². The number of benzene rings is 1. The predicted octanol–water partition coefficient (Wildman–Crippen LogP) is 0.792. The van der Waals surface area contributed by atoms with Crippen LogP contribution in [0, 0.1) is 5.82 Å². The molecule has 0 aliphatic rings. The molecule has 2 rings (SSSR count). The Hall–Kier alpha value is -1.79. The Kier molecular flexibility index (Phi) is 3.46. The molecular formula is C11H12FN3O2. The van der Waals surface area contributed by atoms with Gasteiger partial charge in [-0.1, -0.05) is 17.3 Å². The number of hydrogen-bond acceptors (Lipinski definition) is 5. The normalized spacial score (nSPS) is 12.6. The third kappa shape index (κ3) is 2.86. The lowest BCUT2D eigenvalue weighted by molar-refractivity contribution is 0.236. The molecule has 1 atom stereocenters. The molecule has 0 bridgehead atoms. The molecule has 6 heteroatoms. The first-order chi connectivity index (χ1) is 8.19. The molecule has 0 aliphatic heterocycles. The first-order valence-electron chi connectivity index (χ1n) is 5.12. The highest BCUT2D eigenvalue weighted by Crippen LogP contribution is 2.11. The first-order valence-corrected chi connectivity index (χ1v) is 5.12. The fourth-order valence-electron chi connectivity index (χ4n) is 1.40. The van der Waals surface area contributed by atoms with E-state index >= 15 is 0 Å². The van der Waals surface area contributed by atoms with Crippen LogP contribution in [0.2, 0.25) is 0 Å². The molecule has 0 radical (unpaired) electrons. The first kappa shape index (κ1) is 11.7. The van der Waals surface area contributed by atoms with Crippen LogP contribution in [-0.2, 0) is 6.42 Å². The number of aliphatic hydroxyl groups is 1. The lowest BCUT2D eigenvalue weighted by atomic mass is 10.1. The largest absolute Gasteiger partial charge is 0.394 e. The Morgan fingerprint density at radius 1 is 1.47 bits per heavy atom. The molecule has 0 aliphatic carbocycles. The predicted molar refractivity (Wildman–Crippen MR) is 57.5 cm³/mol. The summed E-state index contributed by atoms with van der Waals surface area (Å²) in [5, 5.41) is 12.5. The van der Waals surface area contributed by atoms with Crippen molar-refractivity contribution in [3.05, 3.63) is 47.4 Å². The van der Waals surface area contributed by atoms with Gasteiger partial charge in [0.2, 0.25) is 5.89 Å². The van der Waals surface area contributed by atoms with Crippen LogP contribution in [0.4, 0.5) is 4.39 Å². The van der Waals surface area contributed by atoms with Crippen LogP contribution in [-0.4, -0.2) is 21.9 Å². The monoisotopic (exact) mass is 237 g/mol. The van der Waals surface area contributed by atoms with Crippen molar-refractivity contribution >= 4 is 0 Å². The van der Waals surface area contributed by atoms with Crippen LogP contribution >= 0.6 is 0 Å².